The van der Waals surface area contributed by atoms with Crippen molar-refractivity contribution in [3.63, 3.8) is 0 Å². The highest BCUT2D eigenvalue weighted by Gasteiger charge is 2.03. The molecule has 0 atom stereocenters. The third kappa shape index (κ3) is 3.57. The summed E-state index contributed by atoms with van der Waals surface area (Å²) in [6, 6.07) is 22.6. The van der Waals surface area contributed by atoms with E-state index in [9.17, 15) is 0 Å². The first-order valence-electron chi connectivity index (χ1n) is 8.22. The summed E-state index contributed by atoms with van der Waals surface area (Å²) >= 11 is 0. The van der Waals surface area contributed by atoms with E-state index >= 15 is 0 Å². The minimum atomic E-state index is 0.817. The Labute approximate surface area is 147 Å². The molecule has 0 N–H and O–H groups in total. The Kier molecular flexibility index (Phi) is 4.22. The Hall–Kier alpha value is -3.44. The van der Waals surface area contributed by atoms with Gasteiger partial charge in [-0.3, -0.25) is 9.97 Å². The van der Waals surface area contributed by atoms with Crippen molar-refractivity contribution in [1.82, 2.24) is 9.97 Å². The summed E-state index contributed by atoms with van der Waals surface area (Å²) in [7, 11) is 0. The van der Waals surface area contributed by atoms with Crippen molar-refractivity contribution in [2.45, 2.75) is 6.42 Å². The van der Waals surface area contributed by atoms with Crippen LogP contribution in [0.15, 0.2) is 85.3 Å². The molecule has 0 amide bonds. The Balaban J connectivity index is 1.56. The maximum atomic E-state index is 4.57. The standard InChI is InChI=1S/C23H16N2/c1-2-6-22-21(5-1)13-15-25-23(22)16-19-10-7-18(8-11-19)9-12-20-4-3-14-24-17-20/h1-8,10-11,13-15,17H,16H2. The van der Waals surface area contributed by atoms with Gasteiger partial charge in [-0.25, -0.2) is 0 Å². The van der Waals surface area contributed by atoms with E-state index < -0.39 is 0 Å². The van der Waals surface area contributed by atoms with E-state index in [0.29, 0.717) is 0 Å². The molecule has 4 aromatic rings. The van der Waals surface area contributed by atoms with Crippen molar-refractivity contribution in [2.75, 3.05) is 0 Å². The normalized spacial score (nSPS) is 10.2. The fourth-order valence-electron chi connectivity index (χ4n) is 2.80. The van der Waals surface area contributed by atoms with Crippen molar-refractivity contribution in [3.8, 4) is 11.8 Å². The second-order valence-corrected chi connectivity index (χ2v) is 5.84. The predicted molar refractivity (Wildman–Crippen MR) is 101 cm³/mol. The third-order valence-electron chi connectivity index (χ3n) is 4.09. The quantitative estimate of drug-likeness (QED) is 0.504. The number of pyridine rings is 2. The van der Waals surface area contributed by atoms with Gasteiger partial charge in [0.15, 0.2) is 0 Å². The summed E-state index contributed by atoms with van der Waals surface area (Å²) < 4.78 is 0. The van der Waals surface area contributed by atoms with E-state index in [1.807, 2.05) is 18.3 Å². The lowest BCUT2D eigenvalue weighted by Gasteiger charge is -2.06. The lowest BCUT2D eigenvalue weighted by atomic mass is 10.0. The van der Waals surface area contributed by atoms with Crippen LogP contribution in [0, 0.1) is 11.8 Å². The molecule has 0 spiro atoms. The lowest BCUT2D eigenvalue weighted by molar-refractivity contribution is 1.10. The Bertz CT molecular complexity index is 1050. The monoisotopic (exact) mass is 320 g/mol. The topological polar surface area (TPSA) is 25.8 Å². The summed E-state index contributed by atoms with van der Waals surface area (Å²) in [5.74, 6) is 6.31. The fraction of sp³-hybridized carbons (Fsp3) is 0.0435. The lowest BCUT2D eigenvalue weighted by Crippen LogP contribution is -1.93. The molecule has 0 bridgehead atoms. The molecule has 2 nitrogen and oxygen atoms in total. The van der Waals surface area contributed by atoms with E-state index in [1.54, 1.807) is 12.4 Å². The van der Waals surface area contributed by atoms with Crippen molar-refractivity contribution in [1.29, 1.82) is 0 Å². The van der Waals surface area contributed by atoms with Gasteiger partial charge in [-0.1, -0.05) is 48.2 Å². The number of rotatable bonds is 2. The highest BCUT2D eigenvalue weighted by molar-refractivity contribution is 5.84. The predicted octanol–water partition coefficient (Wildman–Crippen LogP) is 4.62. The number of hydrogen-bond acceptors (Lipinski definition) is 2. The van der Waals surface area contributed by atoms with Crippen LogP contribution < -0.4 is 0 Å². The summed E-state index contributed by atoms with van der Waals surface area (Å²) in [4.78, 5) is 8.64. The molecular weight excluding hydrogens is 304 g/mol. The Morgan fingerprint density at radius 1 is 0.720 bits per heavy atom. The molecule has 0 fully saturated rings. The molecule has 0 aliphatic rings. The minimum absolute atomic E-state index is 0.817. The van der Waals surface area contributed by atoms with Gasteiger partial charge in [0, 0.05) is 41.5 Å². The van der Waals surface area contributed by atoms with Crippen LogP contribution in [0.3, 0.4) is 0 Å². The van der Waals surface area contributed by atoms with Crippen molar-refractivity contribution < 1.29 is 0 Å². The van der Waals surface area contributed by atoms with Crippen LogP contribution in [0.25, 0.3) is 10.8 Å². The van der Waals surface area contributed by atoms with Gasteiger partial charge in [0.1, 0.15) is 0 Å². The Morgan fingerprint density at radius 3 is 2.40 bits per heavy atom. The highest BCUT2D eigenvalue weighted by atomic mass is 14.7. The van der Waals surface area contributed by atoms with Gasteiger partial charge in [0.2, 0.25) is 0 Å². The second kappa shape index (κ2) is 6.98. The number of nitrogens with zero attached hydrogens (tertiary/aromatic N) is 2. The highest BCUT2D eigenvalue weighted by Crippen LogP contribution is 2.19. The van der Waals surface area contributed by atoms with Gasteiger partial charge in [0.05, 0.1) is 5.69 Å². The molecule has 2 heterocycles. The van der Waals surface area contributed by atoms with Crippen LogP contribution in [-0.2, 0) is 6.42 Å². The molecule has 4 rings (SSSR count). The summed E-state index contributed by atoms with van der Waals surface area (Å²) in [5, 5.41) is 2.44. The SMILES string of the molecule is C(#Cc1cccnc1)c1ccc(Cc2nccc3ccccc23)cc1. The smallest absolute Gasteiger partial charge is 0.0525 e. The molecule has 0 aliphatic heterocycles. The molecule has 0 aliphatic carbocycles. The average Bonchev–Trinajstić information content (AvgIpc) is 2.69. The minimum Gasteiger partial charge on any atom is -0.263 e. The van der Waals surface area contributed by atoms with Crippen LogP contribution in [0.5, 0.6) is 0 Å². The van der Waals surface area contributed by atoms with Crippen molar-refractivity contribution >= 4 is 10.8 Å². The molecule has 0 radical (unpaired) electrons. The number of fused-ring (bicyclic) bond motifs is 1. The van der Waals surface area contributed by atoms with Crippen LogP contribution in [0.2, 0.25) is 0 Å². The summed E-state index contributed by atoms with van der Waals surface area (Å²) in [5.41, 5.74) is 4.26. The Morgan fingerprint density at radius 2 is 1.56 bits per heavy atom. The maximum Gasteiger partial charge on any atom is 0.0525 e. The molecule has 0 unspecified atom stereocenters. The average molecular weight is 320 g/mol. The van der Waals surface area contributed by atoms with Crippen LogP contribution in [0.1, 0.15) is 22.4 Å². The molecular formula is C23H16N2. The first kappa shape index (κ1) is 15.1. The van der Waals surface area contributed by atoms with Crippen LogP contribution >= 0.6 is 0 Å². The van der Waals surface area contributed by atoms with Gasteiger partial charge in [0.25, 0.3) is 0 Å². The summed E-state index contributed by atoms with van der Waals surface area (Å²) in [6.45, 7) is 0. The summed E-state index contributed by atoms with van der Waals surface area (Å²) in [6.07, 6.45) is 6.22. The molecule has 2 heteroatoms. The molecule has 2 aromatic carbocycles. The zero-order chi connectivity index (χ0) is 16.9. The fourth-order valence-corrected chi connectivity index (χ4v) is 2.80. The molecule has 0 saturated heterocycles. The van der Waals surface area contributed by atoms with Gasteiger partial charge < -0.3 is 0 Å². The zero-order valence-corrected chi connectivity index (χ0v) is 13.7. The van der Waals surface area contributed by atoms with Gasteiger partial charge in [-0.2, -0.15) is 0 Å². The zero-order valence-electron chi connectivity index (χ0n) is 13.7. The number of hydrogen-bond donors (Lipinski definition) is 0. The van der Waals surface area contributed by atoms with Crippen LogP contribution in [-0.4, -0.2) is 9.97 Å². The maximum absolute atomic E-state index is 4.57. The third-order valence-corrected chi connectivity index (χ3v) is 4.09. The number of aromatic nitrogens is 2. The largest absolute Gasteiger partial charge is 0.263 e. The molecule has 2 aromatic heterocycles. The van der Waals surface area contributed by atoms with Gasteiger partial charge in [-0.05, 0) is 41.3 Å². The van der Waals surface area contributed by atoms with Crippen molar-refractivity contribution in [3.05, 3.63) is 108 Å². The first-order chi connectivity index (χ1) is 12.4. The van der Waals surface area contributed by atoms with Gasteiger partial charge >= 0.3 is 0 Å². The molecule has 0 saturated carbocycles. The van der Waals surface area contributed by atoms with E-state index in [0.717, 1.165) is 23.2 Å². The van der Waals surface area contributed by atoms with E-state index in [4.69, 9.17) is 0 Å². The molecule has 118 valence electrons. The molecule has 25 heavy (non-hydrogen) atoms. The van der Waals surface area contributed by atoms with Crippen molar-refractivity contribution in [2.24, 2.45) is 0 Å². The van der Waals surface area contributed by atoms with E-state index in [1.165, 1.54) is 16.3 Å². The van der Waals surface area contributed by atoms with E-state index in [2.05, 4.69) is 76.4 Å². The van der Waals surface area contributed by atoms with E-state index in [-0.39, 0.29) is 0 Å². The van der Waals surface area contributed by atoms with Crippen LogP contribution in [0.4, 0.5) is 0 Å². The first-order valence-corrected chi connectivity index (χ1v) is 8.22. The second-order valence-electron chi connectivity index (χ2n) is 5.84. The van der Waals surface area contributed by atoms with Gasteiger partial charge in [-0.15, -0.1) is 0 Å². The number of benzene rings is 2.